The van der Waals surface area contributed by atoms with Gasteiger partial charge >= 0.3 is 5.97 Å². The van der Waals surface area contributed by atoms with Crippen LogP contribution in [0.5, 0.6) is 0 Å². The van der Waals surface area contributed by atoms with Crippen molar-refractivity contribution in [1.29, 1.82) is 0 Å². The van der Waals surface area contributed by atoms with Crippen LogP contribution >= 0.6 is 0 Å². The van der Waals surface area contributed by atoms with Crippen LogP contribution in [0.25, 0.3) is 0 Å². The Hall–Kier alpha value is -1.79. The van der Waals surface area contributed by atoms with E-state index in [0.29, 0.717) is 13.2 Å². The fourth-order valence-corrected chi connectivity index (χ4v) is 1.26. The smallest absolute Gasteiger partial charge is 0.384 e. The monoisotopic (exact) mass is 217 g/mol. The van der Waals surface area contributed by atoms with Gasteiger partial charge < -0.3 is 10.5 Å². The van der Waals surface area contributed by atoms with E-state index in [9.17, 15) is 4.79 Å². The summed E-state index contributed by atoms with van der Waals surface area (Å²) in [6.45, 7) is 2.71. The van der Waals surface area contributed by atoms with Crippen molar-refractivity contribution in [1.82, 2.24) is 0 Å². The number of nitrogens with two attached hydrogens (primary N) is 1. The summed E-state index contributed by atoms with van der Waals surface area (Å²) >= 11 is 0. The van der Waals surface area contributed by atoms with Crippen LogP contribution in [0, 0.1) is 11.8 Å². The van der Waals surface area contributed by atoms with Gasteiger partial charge in [-0.1, -0.05) is 18.1 Å². The molecule has 84 valence electrons. The molecule has 0 saturated heterocycles. The topological polar surface area (TPSA) is 52.3 Å². The second-order valence-electron chi connectivity index (χ2n) is 3.21. The van der Waals surface area contributed by atoms with Crippen LogP contribution in [0.15, 0.2) is 24.3 Å². The van der Waals surface area contributed by atoms with E-state index >= 15 is 0 Å². The first-order chi connectivity index (χ1) is 7.76. The molecular weight excluding hydrogens is 202 g/mol. The van der Waals surface area contributed by atoms with Gasteiger partial charge in [-0.05, 0) is 37.6 Å². The van der Waals surface area contributed by atoms with E-state index in [-0.39, 0.29) is 0 Å². The van der Waals surface area contributed by atoms with Crippen molar-refractivity contribution in [2.75, 3.05) is 13.2 Å². The maximum atomic E-state index is 11.0. The summed E-state index contributed by atoms with van der Waals surface area (Å²) in [6.07, 6.45) is 0.814. The zero-order valence-corrected chi connectivity index (χ0v) is 9.32. The maximum Gasteiger partial charge on any atom is 0.384 e. The molecule has 1 aromatic carbocycles. The Bertz CT molecular complexity index is 415. The summed E-state index contributed by atoms with van der Waals surface area (Å²) in [5.74, 6) is 4.70. The second kappa shape index (κ2) is 6.65. The van der Waals surface area contributed by atoms with Gasteiger partial charge in [-0.15, -0.1) is 0 Å². The average Bonchev–Trinajstić information content (AvgIpc) is 2.28. The number of hydrogen-bond donors (Lipinski definition) is 1. The van der Waals surface area contributed by atoms with Gasteiger partial charge in [0.2, 0.25) is 0 Å². The maximum absolute atomic E-state index is 11.0. The summed E-state index contributed by atoms with van der Waals surface area (Å²) in [5.41, 5.74) is 7.39. The molecule has 3 nitrogen and oxygen atoms in total. The van der Waals surface area contributed by atoms with Crippen LogP contribution in [0.4, 0.5) is 0 Å². The molecule has 0 unspecified atom stereocenters. The lowest BCUT2D eigenvalue weighted by Crippen LogP contribution is -2.02. The molecule has 0 amide bonds. The molecule has 16 heavy (non-hydrogen) atoms. The third-order valence-electron chi connectivity index (χ3n) is 1.94. The highest BCUT2D eigenvalue weighted by Crippen LogP contribution is 2.04. The summed E-state index contributed by atoms with van der Waals surface area (Å²) in [4.78, 5) is 11.0. The summed E-state index contributed by atoms with van der Waals surface area (Å²) < 4.78 is 4.71. The number of ether oxygens (including phenoxy) is 1. The molecule has 0 fully saturated rings. The fourth-order valence-electron chi connectivity index (χ4n) is 1.26. The molecule has 1 rings (SSSR count). The zero-order chi connectivity index (χ0) is 11.8. The molecule has 0 aliphatic rings. The standard InChI is InChI=1S/C13H15NO2/c1-2-16-13(15)7-6-11-4-3-5-12(10-11)8-9-14/h3-5,10H,2,8-9,14H2,1H3. The normalized spacial score (nSPS) is 9.12. The number of carbonyl (C=O) groups excluding carboxylic acids is 1. The molecule has 0 aliphatic carbocycles. The lowest BCUT2D eigenvalue weighted by molar-refractivity contribution is -0.136. The molecule has 3 heteroatoms. The first-order valence-electron chi connectivity index (χ1n) is 5.24. The number of hydrogen-bond acceptors (Lipinski definition) is 3. The van der Waals surface area contributed by atoms with Gasteiger partial charge in [0.15, 0.2) is 0 Å². The van der Waals surface area contributed by atoms with Crippen LogP contribution in [-0.2, 0) is 16.0 Å². The van der Waals surface area contributed by atoms with Crippen molar-refractivity contribution in [2.24, 2.45) is 5.73 Å². The molecule has 0 aliphatic heterocycles. The van der Waals surface area contributed by atoms with Crippen molar-refractivity contribution in [3.63, 3.8) is 0 Å². The molecule has 1 aromatic rings. The minimum Gasteiger partial charge on any atom is -0.456 e. The molecule has 0 atom stereocenters. The van der Waals surface area contributed by atoms with Crippen LogP contribution < -0.4 is 5.73 Å². The molecule has 0 radical (unpaired) electrons. The van der Waals surface area contributed by atoms with Crippen LogP contribution in [0.2, 0.25) is 0 Å². The summed E-state index contributed by atoms with van der Waals surface area (Å²) in [5, 5.41) is 0. The number of carbonyl (C=O) groups is 1. The first kappa shape index (κ1) is 12.3. The molecular formula is C13H15NO2. The van der Waals surface area contributed by atoms with Gasteiger partial charge in [0.25, 0.3) is 0 Å². The predicted octanol–water partition coefficient (Wildman–Crippen LogP) is 1.10. The molecule has 2 N–H and O–H groups in total. The van der Waals surface area contributed by atoms with Crippen molar-refractivity contribution >= 4 is 5.97 Å². The summed E-state index contributed by atoms with van der Waals surface area (Å²) in [7, 11) is 0. The van der Waals surface area contributed by atoms with Crippen molar-refractivity contribution in [2.45, 2.75) is 13.3 Å². The highest BCUT2D eigenvalue weighted by atomic mass is 16.5. The minimum atomic E-state index is -0.494. The lowest BCUT2D eigenvalue weighted by atomic mass is 10.1. The van der Waals surface area contributed by atoms with Crippen LogP contribution in [0.3, 0.4) is 0 Å². The van der Waals surface area contributed by atoms with E-state index in [1.54, 1.807) is 6.92 Å². The van der Waals surface area contributed by atoms with E-state index in [1.165, 1.54) is 0 Å². The van der Waals surface area contributed by atoms with Gasteiger partial charge in [0, 0.05) is 11.5 Å². The molecule has 0 saturated carbocycles. The minimum absolute atomic E-state index is 0.348. The van der Waals surface area contributed by atoms with E-state index < -0.39 is 5.97 Å². The second-order valence-corrected chi connectivity index (χ2v) is 3.21. The predicted molar refractivity (Wildman–Crippen MR) is 62.7 cm³/mol. The average molecular weight is 217 g/mol. The molecule has 0 aromatic heterocycles. The van der Waals surface area contributed by atoms with E-state index in [0.717, 1.165) is 17.5 Å². The highest BCUT2D eigenvalue weighted by Gasteiger charge is 1.95. The van der Waals surface area contributed by atoms with Crippen molar-refractivity contribution in [3.8, 4) is 11.8 Å². The van der Waals surface area contributed by atoms with Gasteiger partial charge in [-0.3, -0.25) is 0 Å². The Morgan fingerprint density at radius 2 is 2.31 bits per heavy atom. The SMILES string of the molecule is CCOC(=O)C#Cc1cccc(CCN)c1. The van der Waals surface area contributed by atoms with Crippen molar-refractivity contribution < 1.29 is 9.53 Å². The Balaban J connectivity index is 2.73. The fraction of sp³-hybridized carbons (Fsp3) is 0.308. The Kier molecular flexibility index (Phi) is 5.10. The first-order valence-corrected chi connectivity index (χ1v) is 5.24. The number of benzene rings is 1. The number of esters is 1. The number of rotatable bonds is 3. The van der Waals surface area contributed by atoms with Gasteiger partial charge in [0.1, 0.15) is 0 Å². The van der Waals surface area contributed by atoms with E-state index in [1.807, 2.05) is 24.3 Å². The zero-order valence-electron chi connectivity index (χ0n) is 9.32. The highest BCUT2D eigenvalue weighted by molar-refractivity contribution is 5.89. The Morgan fingerprint density at radius 1 is 1.50 bits per heavy atom. The van der Waals surface area contributed by atoms with E-state index in [4.69, 9.17) is 10.5 Å². The molecule has 0 bridgehead atoms. The van der Waals surface area contributed by atoms with Crippen LogP contribution in [0.1, 0.15) is 18.1 Å². The van der Waals surface area contributed by atoms with Gasteiger partial charge in [0.05, 0.1) is 6.61 Å². The lowest BCUT2D eigenvalue weighted by Gasteiger charge is -1.98. The third kappa shape index (κ3) is 4.16. The largest absolute Gasteiger partial charge is 0.456 e. The molecule has 0 heterocycles. The van der Waals surface area contributed by atoms with Gasteiger partial charge in [-0.2, -0.15) is 0 Å². The third-order valence-corrected chi connectivity index (χ3v) is 1.94. The van der Waals surface area contributed by atoms with Gasteiger partial charge in [-0.25, -0.2) is 4.79 Å². The summed E-state index contributed by atoms with van der Waals surface area (Å²) in [6, 6.07) is 7.67. The van der Waals surface area contributed by atoms with Crippen LogP contribution in [-0.4, -0.2) is 19.1 Å². The Labute approximate surface area is 95.6 Å². The molecule has 0 spiro atoms. The Morgan fingerprint density at radius 3 is 3.00 bits per heavy atom. The van der Waals surface area contributed by atoms with E-state index in [2.05, 4.69) is 11.8 Å². The quantitative estimate of drug-likeness (QED) is 0.609. The van der Waals surface area contributed by atoms with Crippen molar-refractivity contribution in [3.05, 3.63) is 35.4 Å².